The molecular weight excluding hydrogens is 328 g/mol. The molecule has 7 nitrogen and oxygen atoms in total. The van der Waals surface area contributed by atoms with E-state index >= 15 is 0 Å². The van der Waals surface area contributed by atoms with Gasteiger partial charge >= 0.3 is 0 Å². The van der Waals surface area contributed by atoms with Gasteiger partial charge in [-0.15, -0.1) is 5.10 Å². The summed E-state index contributed by atoms with van der Waals surface area (Å²) in [5.41, 5.74) is 1.06. The van der Waals surface area contributed by atoms with Crippen LogP contribution in [-0.4, -0.2) is 43.9 Å². The van der Waals surface area contributed by atoms with Crippen molar-refractivity contribution in [1.82, 2.24) is 20.6 Å². The molecule has 0 aliphatic carbocycles. The number of rotatable bonds is 10. The van der Waals surface area contributed by atoms with Gasteiger partial charge in [0.1, 0.15) is 11.5 Å². The van der Waals surface area contributed by atoms with Gasteiger partial charge in [0.2, 0.25) is 5.16 Å². The van der Waals surface area contributed by atoms with Crippen molar-refractivity contribution in [1.29, 1.82) is 0 Å². The predicted molar refractivity (Wildman–Crippen MR) is 91.7 cm³/mol. The van der Waals surface area contributed by atoms with Crippen LogP contribution in [0.25, 0.3) is 0 Å². The summed E-state index contributed by atoms with van der Waals surface area (Å²) in [5, 5.41) is 24.5. The van der Waals surface area contributed by atoms with Gasteiger partial charge in [0.05, 0.1) is 12.2 Å². The van der Waals surface area contributed by atoms with Crippen LogP contribution >= 0.6 is 11.8 Å². The molecule has 0 aliphatic heterocycles. The summed E-state index contributed by atoms with van der Waals surface area (Å²) in [6.07, 6.45) is 3.39. The highest BCUT2D eigenvalue weighted by Gasteiger charge is 2.15. The van der Waals surface area contributed by atoms with E-state index in [9.17, 15) is 9.90 Å². The molecule has 130 valence electrons. The molecular formula is C16H22N4O3S. The molecule has 0 atom stereocenters. The van der Waals surface area contributed by atoms with E-state index in [0.717, 1.165) is 25.0 Å². The Bertz CT molecular complexity index is 662. The number of unbranched alkanes of at least 4 members (excludes halogenated alkanes) is 1. The average Bonchev–Trinajstić information content (AvgIpc) is 3.06. The van der Waals surface area contributed by atoms with E-state index in [4.69, 9.17) is 4.74 Å². The van der Waals surface area contributed by atoms with Gasteiger partial charge in [0.25, 0.3) is 0 Å². The zero-order chi connectivity index (χ0) is 17.4. The largest absolute Gasteiger partial charge is 0.507 e. The quantitative estimate of drug-likeness (QED) is 0.386. The number of H-pyrrole nitrogens is 1. The van der Waals surface area contributed by atoms with E-state index in [1.54, 1.807) is 23.9 Å². The summed E-state index contributed by atoms with van der Waals surface area (Å²) < 4.78 is 5.81. The third-order valence-electron chi connectivity index (χ3n) is 3.48. The number of hydrogen-bond acceptors (Lipinski definition) is 7. The molecule has 2 aromatic rings. The second-order valence-electron chi connectivity index (χ2n) is 5.36. The van der Waals surface area contributed by atoms with Crippen LogP contribution in [0.4, 0.5) is 0 Å². The first-order valence-electron chi connectivity index (χ1n) is 7.98. The maximum Gasteiger partial charge on any atom is 0.206 e. The number of phenols is 1. The average molecular weight is 350 g/mol. The lowest BCUT2D eigenvalue weighted by Gasteiger charge is -2.14. The number of phenolic OH excluding ortho intramolecular Hbond substituents is 1. The fourth-order valence-electron chi connectivity index (χ4n) is 2.30. The summed E-state index contributed by atoms with van der Waals surface area (Å²) in [6.45, 7) is 4.04. The van der Waals surface area contributed by atoms with Crippen LogP contribution in [0.1, 0.15) is 49.0 Å². The number of tetrazole rings is 1. The number of carbonyl (C=O) groups excluding carboxylic acids is 1. The smallest absolute Gasteiger partial charge is 0.206 e. The highest BCUT2D eigenvalue weighted by atomic mass is 32.2. The maximum absolute atomic E-state index is 11.5. The highest BCUT2D eigenvalue weighted by Crippen LogP contribution is 2.33. The molecule has 8 heteroatoms. The number of aromatic amines is 1. The van der Waals surface area contributed by atoms with Crippen LogP contribution in [0.5, 0.6) is 11.5 Å². The van der Waals surface area contributed by atoms with Crippen LogP contribution in [0.2, 0.25) is 0 Å². The number of Topliss-reactive ketones (excluding diaryl/α,β-unsaturated/α-hetero) is 1. The Morgan fingerprint density at radius 1 is 1.38 bits per heavy atom. The summed E-state index contributed by atoms with van der Waals surface area (Å²) in [7, 11) is 0. The van der Waals surface area contributed by atoms with Crippen LogP contribution in [0.3, 0.4) is 0 Å². The number of thioether (sulfide) groups is 1. The van der Waals surface area contributed by atoms with Crippen LogP contribution in [-0.2, 0) is 6.42 Å². The Labute approximate surface area is 145 Å². The van der Waals surface area contributed by atoms with Gasteiger partial charge in [-0.25, -0.2) is 5.10 Å². The minimum atomic E-state index is -0.143. The summed E-state index contributed by atoms with van der Waals surface area (Å²) in [4.78, 5) is 11.5. The highest BCUT2D eigenvalue weighted by molar-refractivity contribution is 7.99. The SMILES string of the molecule is CCCc1c(OCCCCSc2nnn[nH]2)ccc(C(C)=O)c1O. The van der Waals surface area contributed by atoms with E-state index < -0.39 is 0 Å². The molecule has 0 bridgehead atoms. The van der Waals surface area contributed by atoms with Gasteiger partial charge in [-0.1, -0.05) is 25.1 Å². The monoisotopic (exact) mass is 350 g/mol. The minimum absolute atomic E-state index is 0.0511. The molecule has 0 radical (unpaired) electrons. The minimum Gasteiger partial charge on any atom is -0.507 e. The van der Waals surface area contributed by atoms with E-state index in [2.05, 4.69) is 20.6 Å². The van der Waals surface area contributed by atoms with Crippen molar-refractivity contribution < 1.29 is 14.6 Å². The third-order valence-corrected chi connectivity index (χ3v) is 4.42. The molecule has 0 unspecified atom stereocenters. The number of aromatic hydroxyl groups is 1. The van der Waals surface area contributed by atoms with Gasteiger partial charge in [-0.3, -0.25) is 4.79 Å². The molecule has 24 heavy (non-hydrogen) atoms. The van der Waals surface area contributed by atoms with E-state index in [1.807, 2.05) is 6.92 Å². The second kappa shape index (κ2) is 9.27. The van der Waals surface area contributed by atoms with Crippen LogP contribution in [0, 0.1) is 0 Å². The molecule has 2 rings (SSSR count). The normalized spacial score (nSPS) is 10.8. The Balaban J connectivity index is 1.85. The topological polar surface area (TPSA) is 101 Å². The van der Waals surface area contributed by atoms with E-state index in [0.29, 0.717) is 35.1 Å². The van der Waals surface area contributed by atoms with Gasteiger partial charge in [-0.2, -0.15) is 0 Å². The Kier molecular flexibility index (Phi) is 7.05. The van der Waals surface area contributed by atoms with Crippen LogP contribution in [0.15, 0.2) is 17.3 Å². The first-order valence-corrected chi connectivity index (χ1v) is 8.97. The number of ketones is 1. The Morgan fingerprint density at radius 3 is 2.88 bits per heavy atom. The van der Waals surface area contributed by atoms with Gasteiger partial charge in [0.15, 0.2) is 5.78 Å². The maximum atomic E-state index is 11.5. The van der Waals surface area contributed by atoms with E-state index in [1.165, 1.54) is 6.92 Å². The number of nitrogens with zero attached hydrogens (tertiary/aromatic N) is 3. The lowest BCUT2D eigenvalue weighted by Crippen LogP contribution is -2.04. The van der Waals surface area contributed by atoms with Gasteiger partial charge in [-0.05, 0) is 48.7 Å². The molecule has 0 aliphatic rings. The lowest BCUT2D eigenvalue weighted by molar-refractivity contribution is 0.101. The Hall–Kier alpha value is -2.09. The van der Waals surface area contributed by atoms with Crippen molar-refractivity contribution >= 4 is 17.5 Å². The molecule has 1 heterocycles. The molecule has 1 aromatic heterocycles. The predicted octanol–water partition coefficient (Wildman–Crippen LogP) is 3.01. The number of ether oxygens (including phenoxy) is 1. The van der Waals surface area contributed by atoms with Gasteiger partial charge < -0.3 is 9.84 Å². The molecule has 0 saturated carbocycles. The second-order valence-corrected chi connectivity index (χ2v) is 6.44. The van der Waals surface area contributed by atoms with E-state index in [-0.39, 0.29) is 11.5 Å². The third kappa shape index (κ3) is 4.95. The number of hydrogen-bond donors (Lipinski definition) is 2. The zero-order valence-corrected chi connectivity index (χ0v) is 14.7. The summed E-state index contributed by atoms with van der Waals surface area (Å²) in [5.74, 6) is 1.47. The fraction of sp³-hybridized carbons (Fsp3) is 0.500. The van der Waals surface area contributed by atoms with Crippen molar-refractivity contribution in [2.45, 2.75) is 44.7 Å². The van der Waals surface area contributed by atoms with Crippen molar-refractivity contribution in [3.8, 4) is 11.5 Å². The first-order chi connectivity index (χ1) is 11.6. The molecule has 0 fully saturated rings. The van der Waals surface area contributed by atoms with Crippen LogP contribution < -0.4 is 4.74 Å². The molecule has 1 aromatic carbocycles. The summed E-state index contributed by atoms with van der Waals surface area (Å²) >= 11 is 1.57. The molecule has 0 amide bonds. The Morgan fingerprint density at radius 2 is 2.21 bits per heavy atom. The lowest BCUT2D eigenvalue weighted by atomic mass is 10.0. The summed E-state index contributed by atoms with van der Waals surface area (Å²) in [6, 6.07) is 3.40. The molecule has 0 spiro atoms. The number of nitrogens with one attached hydrogen (secondary N) is 1. The standard InChI is InChI=1S/C16H22N4O3S/c1-3-6-13-14(8-7-12(11(2)21)15(13)22)23-9-4-5-10-24-16-17-19-20-18-16/h7-8,22H,3-6,9-10H2,1-2H3,(H,17,18,19,20). The van der Waals surface area contributed by atoms with Crippen molar-refractivity contribution in [2.75, 3.05) is 12.4 Å². The first kappa shape index (κ1) is 18.3. The van der Waals surface area contributed by atoms with Crippen molar-refractivity contribution in [3.05, 3.63) is 23.3 Å². The number of benzene rings is 1. The van der Waals surface area contributed by atoms with Crippen molar-refractivity contribution in [3.63, 3.8) is 0 Å². The molecule has 2 N–H and O–H groups in total. The zero-order valence-electron chi connectivity index (χ0n) is 13.9. The van der Waals surface area contributed by atoms with Gasteiger partial charge in [0, 0.05) is 11.3 Å². The number of carbonyl (C=O) groups is 1. The number of aromatic nitrogens is 4. The fourth-order valence-corrected chi connectivity index (χ4v) is 3.04. The molecule has 0 saturated heterocycles. The van der Waals surface area contributed by atoms with Crippen molar-refractivity contribution in [2.24, 2.45) is 0 Å².